The zero-order valence-electron chi connectivity index (χ0n) is 23.5. The Hall–Kier alpha value is -4.79. The van der Waals surface area contributed by atoms with E-state index in [0.29, 0.717) is 34.9 Å². The van der Waals surface area contributed by atoms with Crippen LogP contribution in [-0.4, -0.2) is 56.4 Å². The molecule has 0 spiro atoms. The fraction of sp³-hybridized carbons (Fsp3) is 0.345. The molecule has 5 rings (SSSR count). The van der Waals surface area contributed by atoms with Gasteiger partial charge in [0.2, 0.25) is 0 Å². The Morgan fingerprint density at radius 3 is 2.52 bits per heavy atom. The number of nitrogens with zero attached hydrogens (tertiary/aromatic N) is 4. The summed E-state index contributed by atoms with van der Waals surface area (Å²) < 4.78 is 60.4. The van der Waals surface area contributed by atoms with E-state index in [2.05, 4.69) is 20.6 Å². The van der Waals surface area contributed by atoms with Gasteiger partial charge in [0.1, 0.15) is 29.4 Å². The lowest BCUT2D eigenvalue weighted by atomic mass is 9.91. The molecule has 2 heterocycles. The molecule has 2 aromatic carbocycles. The number of nitrogens with one attached hydrogen (secondary N) is 2. The summed E-state index contributed by atoms with van der Waals surface area (Å²) in [7, 11) is 1.37. The lowest BCUT2D eigenvalue weighted by Gasteiger charge is -2.29. The third-order valence-electron chi connectivity index (χ3n) is 7.60. The number of carboxylic acids is 1. The molecule has 0 bridgehead atoms. The van der Waals surface area contributed by atoms with Crippen LogP contribution in [0.1, 0.15) is 54.1 Å². The molecule has 2 aromatic heterocycles. The number of halogens is 4. The highest BCUT2D eigenvalue weighted by Crippen LogP contribution is 2.38. The minimum absolute atomic E-state index is 0.0113. The molecule has 4 aromatic rings. The van der Waals surface area contributed by atoms with Crippen molar-refractivity contribution in [3.63, 3.8) is 0 Å². The predicted molar refractivity (Wildman–Crippen MR) is 153 cm³/mol. The summed E-state index contributed by atoms with van der Waals surface area (Å²) in [5.41, 5.74) is 6.24. The van der Waals surface area contributed by atoms with Gasteiger partial charge in [0.05, 0.1) is 41.8 Å². The van der Waals surface area contributed by atoms with Gasteiger partial charge >= 0.3 is 12.1 Å². The predicted octanol–water partition coefficient (Wildman–Crippen LogP) is 5.04. The van der Waals surface area contributed by atoms with Crippen LogP contribution in [0.15, 0.2) is 42.7 Å². The third kappa shape index (κ3) is 6.41. The topological polar surface area (TPSA) is 157 Å². The van der Waals surface area contributed by atoms with Gasteiger partial charge in [0, 0.05) is 18.2 Å². The van der Waals surface area contributed by atoms with Crippen LogP contribution in [0.25, 0.3) is 22.3 Å². The maximum absolute atomic E-state index is 14.4. The first-order valence-electron chi connectivity index (χ1n) is 13.8. The van der Waals surface area contributed by atoms with Crippen molar-refractivity contribution in [2.45, 2.75) is 50.4 Å². The summed E-state index contributed by atoms with van der Waals surface area (Å²) in [4.78, 5) is 32.2. The third-order valence-corrected chi connectivity index (χ3v) is 7.60. The average Bonchev–Trinajstić information content (AvgIpc) is 3.38. The Kier molecular flexibility index (Phi) is 8.67. The maximum Gasteiger partial charge on any atom is 0.416 e. The first-order chi connectivity index (χ1) is 21.0. The van der Waals surface area contributed by atoms with Crippen LogP contribution in [-0.2, 0) is 11.0 Å². The van der Waals surface area contributed by atoms with Gasteiger partial charge in [-0.25, -0.2) is 19.0 Å². The van der Waals surface area contributed by atoms with Crippen molar-refractivity contribution in [3.05, 3.63) is 59.7 Å². The van der Waals surface area contributed by atoms with E-state index in [1.165, 1.54) is 19.5 Å². The van der Waals surface area contributed by atoms with Crippen LogP contribution in [0.4, 0.5) is 29.1 Å². The van der Waals surface area contributed by atoms with Crippen molar-refractivity contribution in [2.75, 3.05) is 24.7 Å². The van der Waals surface area contributed by atoms with Crippen LogP contribution in [0.2, 0.25) is 0 Å². The van der Waals surface area contributed by atoms with Crippen LogP contribution in [0.3, 0.4) is 0 Å². The van der Waals surface area contributed by atoms with Gasteiger partial charge < -0.3 is 26.2 Å². The van der Waals surface area contributed by atoms with E-state index >= 15 is 0 Å². The number of rotatable bonds is 9. The number of benzene rings is 2. The molecular weight excluding hydrogens is 586 g/mol. The molecule has 232 valence electrons. The molecule has 0 unspecified atom stereocenters. The maximum atomic E-state index is 14.4. The number of alkyl halides is 3. The normalized spacial score (nSPS) is 17.0. The SMILES string of the molecule is COc1cc(-c2nn(C3CCC(NCCC(=O)O)CC3)c3ncnc(N)c23)ccc1NC(=O)c1ccc(C(F)(F)F)cc1F. The Balaban J connectivity index is 1.39. The van der Waals surface area contributed by atoms with Crippen LogP contribution < -0.4 is 21.1 Å². The van der Waals surface area contributed by atoms with Crippen molar-refractivity contribution in [2.24, 2.45) is 0 Å². The summed E-state index contributed by atoms with van der Waals surface area (Å²) >= 11 is 0. The number of fused-ring (bicyclic) bond motifs is 1. The van der Waals surface area contributed by atoms with Crippen molar-refractivity contribution in [3.8, 4) is 17.0 Å². The van der Waals surface area contributed by atoms with E-state index in [9.17, 15) is 27.2 Å². The van der Waals surface area contributed by atoms with E-state index in [4.69, 9.17) is 20.7 Å². The molecule has 1 saturated carbocycles. The molecule has 0 saturated heterocycles. The number of hydrogen-bond donors (Lipinski definition) is 4. The molecule has 1 fully saturated rings. The molecule has 1 amide bonds. The molecule has 0 atom stereocenters. The smallest absolute Gasteiger partial charge is 0.416 e. The summed E-state index contributed by atoms with van der Waals surface area (Å²) in [6.45, 7) is 0.404. The number of carboxylic acid groups (broad SMARTS) is 1. The second-order valence-corrected chi connectivity index (χ2v) is 10.4. The zero-order valence-corrected chi connectivity index (χ0v) is 23.5. The first kappa shape index (κ1) is 30.7. The van der Waals surface area contributed by atoms with E-state index in [1.54, 1.807) is 12.1 Å². The van der Waals surface area contributed by atoms with Gasteiger partial charge in [-0.1, -0.05) is 6.07 Å². The second kappa shape index (κ2) is 12.4. The fourth-order valence-electron chi connectivity index (χ4n) is 5.37. The molecule has 1 aliphatic carbocycles. The number of ether oxygens (including phenoxy) is 1. The monoisotopic (exact) mass is 615 g/mol. The number of carbonyl (C=O) groups excluding carboxylic acids is 1. The van der Waals surface area contributed by atoms with E-state index in [1.807, 2.05) is 4.68 Å². The molecule has 11 nitrogen and oxygen atoms in total. The number of anilines is 2. The first-order valence-corrected chi connectivity index (χ1v) is 13.8. The summed E-state index contributed by atoms with van der Waals surface area (Å²) in [6.07, 6.45) is -0.133. The van der Waals surface area contributed by atoms with Gasteiger partial charge in [0.15, 0.2) is 5.65 Å². The minimum atomic E-state index is -4.75. The van der Waals surface area contributed by atoms with Gasteiger partial charge in [0.25, 0.3) is 5.91 Å². The Morgan fingerprint density at radius 2 is 1.86 bits per heavy atom. The Bertz CT molecular complexity index is 1700. The van der Waals surface area contributed by atoms with Gasteiger partial charge in [-0.3, -0.25) is 9.59 Å². The van der Waals surface area contributed by atoms with Gasteiger partial charge in [-0.2, -0.15) is 18.3 Å². The quantitative estimate of drug-likeness (QED) is 0.189. The van der Waals surface area contributed by atoms with E-state index < -0.39 is 35.0 Å². The minimum Gasteiger partial charge on any atom is -0.495 e. The molecule has 0 radical (unpaired) electrons. The highest BCUT2D eigenvalue weighted by atomic mass is 19.4. The van der Waals surface area contributed by atoms with E-state index in [-0.39, 0.29) is 41.8 Å². The van der Waals surface area contributed by atoms with Crippen LogP contribution in [0.5, 0.6) is 5.75 Å². The number of hydrogen-bond acceptors (Lipinski definition) is 8. The number of methoxy groups -OCH3 is 1. The molecular formula is C29H29F4N7O4. The molecule has 0 aliphatic heterocycles. The number of carbonyl (C=O) groups is 2. The lowest BCUT2D eigenvalue weighted by Crippen LogP contribution is -2.35. The molecule has 5 N–H and O–H groups in total. The van der Waals surface area contributed by atoms with Crippen LogP contribution >= 0.6 is 0 Å². The standard InChI is InChI=1S/C29H29F4N7O4/c1-44-22-12-15(2-9-21(22)38-28(43)19-8-3-16(13-20(19)30)29(31,32)33)25-24-26(34)36-14-37-27(24)40(39-25)18-6-4-17(5-7-18)35-11-10-23(41)42/h2-3,8-9,12-14,17-18,35H,4-7,10-11H2,1H3,(H,38,43)(H,41,42)(H2,34,36,37). The Labute approximate surface area is 248 Å². The number of aromatic nitrogens is 4. The van der Waals surface area contributed by atoms with Crippen molar-refractivity contribution >= 4 is 34.4 Å². The second-order valence-electron chi connectivity index (χ2n) is 10.4. The summed E-state index contributed by atoms with van der Waals surface area (Å²) in [6, 6.07) is 6.64. The zero-order chi connectivity index (χ0) is 31.6. The molecule has 15 heteroatoms. The largest absolute Gasteiger partial charge is 0.495 e. The number of nitrogens with two attached hydrogens (primary N) is 1. The summed E-state index contributed by atoms with van der Waals surface area (Å²) in [5, 5.41) is 20.0. The number of amides is 1. The van der Waals surface area contributed by atoms with Gasteiger partial charge in [-0.15, -0.1) is 0 Å². The number of nitrogen functional groups attached to an aromatic ring is 1. The molecule has 1 aliphatic rings. The Morgan fingerprint density at radius 1 is 1.11 bits per heavy atom. The van der Waals surface area contributed by atoms with Crippen molar-refractivity contribution in [1.82, 2.24) is 25.1 Å². The fourth-order valence-corrected chi connectivity index (χ4v) is 5.37. The molecule has 44 heavy (non-hydrogen) atoms. The number of aliphatic carboxylic acids is 1. The van der Waals surface area contributed by atoms with Crippen LogP contribution in [0, 0.1) is 5.82 Å². The van der Waals surface area contributed by atoms with Crippen molar-refractivity contribution < 1.29 is 37.0 Å². The van der Waals surface area contributed by atoms with Crippen molar-refractivity contribution in [1.29, 1.82) is 0 Å². The average molecular weight is 616 g/mol. The summed E-state index contributed by atoms with van der Waals surface area (Å²) in [5.74, 6) is -2.71. The van der Waals surface area contributed by atoms with E-state index in [0.717, 1.165) is 31.7 Å². The highest BCUT2D eigenvalue weighted by Gasteiger charge is 2.32. The van der Waals surface area contributed by atoms with Gasteiger partial charge in [-0.05, 0) is 56.0 Å². The lowest BCUT2D eigenvalue weighted by molar-refractivity contribution is -0.138. The highest BCUT2D eigenvalue weighted by molar-refractivity contribution is 6.06.